The van der Waals surface area contributed by atoms with Gasteiger partial charge >= 0.3 is 0 Å². The summed E-state index contributed by atoms with van der Waals surface area (Å²) in [5, 5.41) is 11.6. The van der Waals surface area contributed by atoms with Gasteiger partial charge in [0.25, 0.3) is 0 Å². The van der Waals surface area contributed by atoms with Crippen LogP contribution in [0.4, 0.5) is 13.2 Å². The first-order valence-corrected chi connectivity index (χ1v) is 11.6. The van der Waals surface area contributed by atoms with Crippen LogP contribution in [0.25, 0.3) is 0 Å². The molecule has 1 amide bonds. The summed E-state index contributed by atoms with van der Waals surface area (Å²) >= 11 is 0. The first kappa shape index (κ1) is 26.5. The smallest absolute Gasteiger partial charge is 0.227 e. The van der Waals surface area contributed by atoms with Gasteiger partial charge in [-0.15, -0.1) is 12.4 Å². The number of hydrogen-bond acceptors (Lipinski definition) is 3. The lowest BCUT2D eigenvalue weighted by Gasteiger charge is -2.48. The normalized spacial score (nSPS) is 29.7. The Hall–Kier alpha value is -2.09. The predicted molar refractivity (Wildman–Crippen MR) is 127 cm³/mol. The molecule has 0 aliphatic carbocycles. The summed E-state index contributed by atoms with van der Waals surface area (Å²) in [4.78, 5) is 17.6. The van der Waals surface area contributed by atoms with Crippen LogP contribution in [0.5, 0.6) is 0 Å². The molecule has 1 N–H and O–H groups in total. The van der Waals surface area contributed by atoms with Gasteiger partial charge in [-0.1, -0.05) is 39.0 Å². The van der Waals surface area contributed by atoms with Crippen LogP contribution in [-0.2, 0) is 10.4 Å². The number of benzene rings is 2. The van der Waals surface area contributed by atoms with Gasteiger partial charge in [0.1, 0.15) is 17.5 Å². The third kappa shape index (κ3) is 4.70. The zero-order valence-electron chi connectivity index (χ0n) is 19.7. The zero-order valence-corrected chi connectivity index (χ0v) is 20.5. The van der Waals surface area contributed by atoms with Crippen molar-refractivity contribution < 1.29 is 23.1 Å². The number of carbonyl (C=O) groups is 1. The molecule has 5 atom stereocenters. The van der Waals surface area contributed by atoms with Crippen molar-refractivity contribution >= 4 is 18.3 Å². The first-order chi connectivity index (χ1) is 15.6. The SMILES string of the molecule is CCN1C[C@@H](C(=O)N2C[C@@H](C)C(O)(c3ccc(F)cc3)[C@@H](C)C2)[C@H](c2ccc(F)cc2F)C1.Cl. The number of hydrogen-bond donors (Lipinski definition) is 1. The Morgan fingerprint density at radius 2 is 1.56 bits per heavy atom. The number of aliphatic hydroxyl groups is 1. The molecule has 2 aromatic rings. The van der Waals surface area contributed by atoms with E-state index in [1.165, 1.54) is 24.3 Å². The second-order valence-corrected chi connectivity index (χ2v) is 9.61. The second-order valence-electron chi connectivity index (χ2n) is 9.61. The van der Waals surface area contributed by atoms with Crippen LogP contribution in [0.2, 0.25) is 0 Å². The van der Waals surface area contributed by atoms with Crippen molar-refractivity contribution in [1.82, 2.24) is 9.80 Å². The quantitative estimate of drug-likeness (QED) is 0.674. The molecule has 2 saturated heterocycles. The van der Waals surface area contributed by atoms with Gasteiger partial charge in [-0.3, -0.25) is 4.79 Å². The molecule has 0 spiro atoms. The van der Waals surface area contributed by atoms with E-state index in [-0.39, 0.29) is 41.9 Å². The van der Waals surface area contributed by atoms with Crippen LogP contribution in [0.1, 0.15) is 37.8 Å². The van der Waals surface area contributed by atoms with E-state index in [0.717, 1.165) is 12.6 Å². The first-order valence-electron chi connectivity index (χ1n) is 11.6. The molecular formula is C26H32ClF3N2O2. The van der Waals surface area contributed by atoms with Gasteiger partial charge in [0, 0.05) is 50.0 Å². The predicted octanol–water partition coefficient (Wildman–Crippen LogP) is 4.56. The maximum Gasteiger partial charge on any atom is 0.227 e. The molecule has 0 aromatic heterocycles. The third-order valence-electron chi connectivity index (χ3n) is 7.63. The molecule has 186 valence electrons. The number of halogens is 4. The molecular weight excluding hydrogens is 465 g/mol. The Bertz CT molecular complexity index is 1010. The van der Waals surface area contributed by atoms with Gasteiger partial charge < -0.3 is 14.9 Å². The van der Waals surface area contributed by atoms with Crippen LogP contribution < -0.4 is 0 Å². The Kier molecular flexibility index (Phi) is 8.00. The fourth-order valence-electron chi connectivity index (χ4n) is 5.71. The molecule has 2 heterocycles. The lowest BCUT2D eigenvalue weighted by molar-refractivity contribution is -0.152. The molecule has 8 heteroatoms. The van der Waals surface area contributed by atoms with E-state index in [2.05, 4.69) is 4.90 Å². The number of amides is 1. The van der Waals surface area contributed by atoms with Crippen LogP contribution in [0.15, 0.2) is 42.5 Å². The average molecular weight is 497 g/mol. The molecule has 34 heavy (non-hydrogen) atoms. The average Bonchev–Trinajstić information content (AvgIpc) is 3.21. The van der Waals surface area contributed by atoms with Crippen molar-refractivity contribution in [3.05, 3.63) is 71.0 Å². The third-order valence-corrected chi connectivity index (χ3v) is 7.63. The lowest BCUT2D eigenvalue weighted by Crippen LogP contribution is -2.57. The maximum absolute atomic E-state index is 14.6. The van der Waals surface area contributed by atoms with Gasteiger partial charge in [-0.2, -0.15) is 0 Å². The highest BCUT2D eigenvalue weighted by molar-refractivity contribution is 5.85. The number of piperidine rings is 1. The Labute approximate surface area is 205 Å². The molecule has 2 aliphatic rings. The fraction of sp³-hybridized carbons (Fsp3) is 0.500. The van der Waals surface area contributed by atoms with Crippen LogP contribution >= 0.6 is 12.4 Å². The Balaban J connectivity index is 0.00000324. The van der Waals surface area contributed by atoms with Crippen molar-refractivity contribution in [3.63, 3.8) is 0 Å². The highest BCUT2D eigenvalue weighted by atomic mass is 35.5. The zero-order chi connectivity index (χ0) is 23.9. The fourth-order valence-corrected chi connectivity index (χ4v) is 5.71. The number of nitrogens with zero attached hydrogens (tertiary/aromatic N) is 2. The summed E-state index contributed by atoms with van der Waals surface area (Å²) in [6, 6.07) is 9.44. The number of likely N-dealkylation sites (N-methyl/N-ethyl adjacent to an activating group) is 1. The molecule has 0 saturated carbocycles. The minimum Gasteiger partial charge on any atom is -0.384 e. The summed E-state index contributed by atoms with van der Waals surface area (Å²) in [6.07, 6.45) is 0. The molecule has 4 rings (SSSR count). The number of carbonyl (C=O) groups excluding carboxylic acids is 1. The molecule has 4 nitrogen and oxygen atoms in total. The number of rotatable bonds is 4. The van der Waals surface area contributed by atoms with E-state index in [1.807, 2.05) is 20.8 Å². The monoisotopic (exact) mass is 496 g/mol. The van der Waals surface area contributed by atoms with Crippen LogP contribution in [0.3, 0.4) is 0 Å². The summed E-state index contributed by atoms with van der Waals surface area (Å²) in [5.74, 6) is -3.05. The van der Waals surface area contributed by atoms with Gasteiger partial charge in [0.2, 0.25) is 5.91 Å². The standard InChI is InChI=1S/C26H31F3N2O2.ClH/c1-4-30-14-22(21-10-9-20(28)11-24(21)29)23(15-30)25(32)31-12-16(2)26(33,17(3)13-31)18-5-7-19(27)8-6-18;/h5-11,16-17,22-23,33H,4,12-15H2,1-3H3;1H/t16-,17+,22-,23+,26?;/m0./s1. The second kappa shape index (κ2) is 10.3. The summed E-state index contributed by atoms with van der Waals surface area (Å²) in [5.41, 5.74) is -0.176. The Morgan fingerprint density at radius 3 is 2.12 bits per heavy atom. The molecule has 0 radical (unpaired) electrons. The van der Waals surface area contributed by atoms with E-state index in [0.29, 0.717) is 37.3 Å². The highest BCUT2D eigenvalue weighted by Gasteiger charge is 2.49. The van der Waals surface area contributed by atoms with E-state index in [9.17, 15) is 23.1 Å². The van der Waals surface area contributed by atoms with Crippen molar-refractivity contribution in [3.8, 4) is 0 Å². The summed E-state index contributed by atoms with van der Waals surface area (Å²) in [6.45, 7) is 8.26. The molecule has 2 aliphatic heterocycles. The molecule has 1 unspecified atom stereocenters. The van der Waals surface area contributed by atoms with Crippen molar-refractivity contribution in [2.75, 3.05) is 32.7 Å². The molecule has 0 bridgehead atoms. The Morgan fingerprint density at radius 1 is 0.971 bits per heavy atom. The van der Waals surface area contributed by atoms with Gasteiger partial charge in [0.15, 0.2) is 0 Å². The largest absolute Gasteiger partial charge is 0.384 e. The topological polar surface area (TPSA) is 43.8 Å². The van der Waals surface area contributed by atoms with Gasteiger partial charge in [-0.25, -0.2) is 13.2 Å². The van der Waals surface area contributed by atoms with E-state index >= 15 is 0 Å². The van der Waals surface area contributed by atoms with Crippen molar-refractivity contribution in [1.29, 1.82) is 0 Å². The molecule has 2 fully saturated rings. The minimum absolute atomic E-state index is 0. The highest BCUT2D eigenvalue weighted by Crippen LogP contribution is 2.43. The van der Waals surface area contributed by atoms with Gasteiger partial charge in [-0.05, 0) is 35.9 Å². The van der Waals surface area contributed by atoms with Gasteiger partial charge in [0.05, 0.1) is 11.5 Å². The number of likely N-dealkylation sites (tertiary alicyclic amines) is 2. The van der Waals surface area contributed by atoms with Crippen molar-refractivity contribution in [2.45, 2.75) is 32.3 Å². The summed E-state index contributed by atoms with van der Waals surface area (Å²) < 4.78 is 41.5. The van der Waals surface area contributed by atoms with E-state index in [1.54, 1.807) is 17.0 Å². The lowest BCUT2D eigenvalue weighted by atomic mass is 9.70. The van der Waals surface area contributed by atoms with Crippen LogP contribution in [0, 0.1) is 35.2 Å². The van der Waals surface area contributed by atoms with E-state index in [4.69, 9.17) is 0 Å². The van der Waals surface area contributed by atoms with Crippen molar-refractivity contribution in [2.24, 2.45) is 17.8 Å². The molecule has 2 aromatic carbocycles. The summed E-state index contributed by atoms with van der Waals surface area (Å²) in [7, 11) is 0. The maximum atomic E-state index is 14.6. The van der Waals surface area contributed by atoms with E-state index < -0.39 is 23.2 Å². The van der Waals surface area contributed by atoms with Crippen LogP contribution in [-0.4, -0.2) is 53.5 Å². The minimum atomic E-state index is -1.18.